The van der Waals surface area contributed by atoms with E-state index >= 15 is 0 Å². The van der Waals surface area contributed by atoms with Crippen molar-refractivity contribution in [1.29, 1.82) is 0 Å². The van der Waals surface area contributed by atoms with Crippen molar-refractivity contribution in [3.05, 3.63) is 10.6 Å². The van der Waals surface area contributed by atoms with Crippen LogP contribution in [-0.4, -0.2) is 47.9 Å². The fourth-order valence-electron chi connectivity index (χ4n) is 2.66. The minimum Gasteiger partial charge on any atom is -0.863 e. The van der Waals surface area contributed by atoms with Crippen LogP contribution < -0.4 is 34.7 Å². The first-order valence-corrected chi connectivity index (χ1v) is 9.51. The van der Waals surface area contributed by atoms with Crippen molar-refractivity contribution < 1.29 is 49.4 Å². The zero-order valence-corrected chi connectivity index (χ0v) is 17.2. The van der Waals surface area contributed by atoms with E-state index in [4.69, 9.17) is 12.2 Å². The van der Waals surface area contributed by atoms with Crippen molar-refractivity contribution in [2.24, 2.45) is 5.92 Å². The van der Waals surface area contributed by atoms with E-state index in [-0.39, 0.29) is 56.2 Å². The molecule has 0 aromatic carbocycles. The van der Waals surface area contributed by atoms with Crippen molar-refractivity contribution in [2.45, 2.75) is 30.1 Å². The number of carbonyl (C=O) groups excluding carboxylic acids is 2. The molecule has 0 aliphatic carbocycles. The van der Waals surface area contributed by atoms with Gasteiger partial charge in [-0.25, -0.2) is 0 Å². The maximum Gasteiger partial charge on any atom is 1.00 e. The molecule has 4 atom stereocenters. The van der Waals surface area contributed by atoms with E-state index in [1.165, 1.54) is 40.2 Å². The molecule has 22 heavy (non-hydrogen) atoms. The molecule has 0 aromatic heterocycles. The molecule has 5 nitrogen and oxygen atoms in total. The fraction of sp³-hybridized carbons (Fsp3) is 0.583. The van der Waals surface area contributed by atoms with Gasteiger partial charge < -0.3 is 10.2 Å². The number of thiocarbonyl (C=S) groups is 1. The number of amides is 1. The van der Waals surface area contributed by atoms with Crippen LogP contribution >= 0.6 is 47.5 Å². The summed E-state index contributed by atoms with van der Waals surface area (Å²) in [6, 6.07) is 0. The van der Waals surface area contributed by atoms with E-state index in [1.807, 2.05) is 0 Å². The number of aliphatic hydroxyl groups is 1. The van der Waals surface area contributed by atoms with Gasteiger partial charge in [0.2, 0.25) is 10.4 Å². The van der Waals surface area contributed by atoms with Gasteiger partial charge in [-0.2, -0.15) is 0 Å². The van der Waals surface area contributed by atoms with Gasteiger partial charge in [-0.15, -0.1) is 11.8 Å². The molecule has 2 saturated heterocycles. The maximum atomic E-state index is 12.1. The molecule has 3 aliphatic rings. The molecule has 114 valence electrons. The van der Waals surface area contributed by atoms with Gasteiger partial charge in [0.05, 0.1) is 17.7 Å². The Morgan fingerprint density at radius 2 is 2.18 bits per heavy atom. The Labute approximate surface area is 168 Å². The standard InChI is InChI=1S/C12H13NO4S4.Na/c1-4(14)7-9(15)13-8(11(16)18)6(21-10(7)13)2-5-3-19-12(17)20-5;/h4-5,7,10,14H,2-3H2,1H3,(H,16,18);/q;+1/p-1/t4-,5?,7+,10-;/m1./s1. The number of hydrogen-bond acceptors (Lipinski definition) is 8. The topological polar surface area (TPSA) is 80.7 Å². The summed E-state index contributed by atoms with van der Waals surface area (Å²) in [6.45, 7) is 1.58. The predicted molar refractivity (Wildman–Crippen MR) is 86.9 cm³/mol. The molecule has 0 aromatic rings. The first-order valence-electron chi connectivity index (χ1n) is 6.36. The van der Waals surface area contributed by atoms with E-state index in [1.54, 1.807) is 6.92 Å². The molecule has 0 saturated carbocycles. The van der Waals surface area contributed by atoms with Crippen LogP contribution in [0.4, 0.5) is 4.79 Å². The summed E-state index contributed by atoms with van der Waals surface area (Å²) in [5, 5.41) is 20.7. The van der Waals surface area contributed by atoms with Gasteiger partial charge in [-0.1, -0.05) is 35.7 Å². The molecule has 1 amide bonds. The largest absolute Gasteiger partial charge is 1.00 e. The minimum atomic E-state index is -0.745. The number of carbonyl (C=O) groups is 2. The molecule has 0 spiro atoms. The van der Waals surface area contributed by atoms with E-state index in [9.17, 15) is 19.8 Å². The van der Waals surface area contributed by atoms with Gasteiger partial charge >= 0.3 is 29.6 Å². The number of nitrogens with zero attached hydrogens (tertiary/aromatic N) is 1. The fourth-order valence-corrected chi connectivity index (χ4v) is 7.07. The SMILES string of the molecule is C[C@@H](O)[C@H]1C(=O)N2C(C([O-])=S)=C(CC3CSC(=O)S3)S[C@H]12.[Na+]. The van der Waals surface area contributed by atoms with Crippen LogP contribution in [0.25, 0.3) is 0 Å². The monoisotopic (exact) mass is 385 g/mol. The van der Waals surface area contributed by atoms with Gasteiger partial charge in [-0.05, 0) is 18.4 Å². The molecule has 3 heterocycles. The molecule has 0 radical (unpaired) electrons. The van der Waals surface area contributed by atoms with Gasteiger partial charge in [0.15, 0.2) is 0 Å². The van der Waals surface area contributed by atoms with Crippen molar-refractivity contribution in [2.75, 3.05) is 5.75 Å². The summed E-state index contributed by atoms with van der Waals surface area (Å²) < 4.78 is 0.0936. The summed E-state index contributed by atoms with van der Waals surface area (Å²) >= 11 is 8.74. The number of hydrogen-bond donors (Lipinski definition) is 1. The molecule has 0 bridgehead atoms. The first-order chi connectivity index (χ1) is 9.90. The van der Waals surface area contributed by atoms with E-state index in [2.05, 4.69) is 0 Å². The van der Waals surface area contributed by atoms with E-state index in [0.717, 1.165) is 4.91 Å². The second-order valence-electron chi connectivity index (χ2n) is 5.05. The number of fused-ring (bicyclic) bond motifs is 1. The summed E-state index contributed by atoms with van der Waals surface area (Å²) in [4.78, 5) is 25.6. The van der Waals surface area contributed by atoms with Crippen LogP contribution in [0.1, 0.15) is 13.3 Å². The van der Waals surface area contributed by atoms with Crippen molar-refractivity contribution in [1.82, 2.24) is 4.90 Å². The van der Waals surface area contributed by atoms with Crippen LogP contribution in [-0.2, 0) is 4.79 Å². The van der Waals surface area contributed by atoms with Crippen molar-refractivity contribution in [3.8, 4) is 0 Å². The summed E-state index contributed by atoms with van der Waals surface area (Å²) in [6.07, 6.45) is -0.177. The first kappa shape index (κ1) is 19.1. The third kappa shape index (κ3) is 3.28. The van der Waals surface area contributed by atoms with Crippen LogP contribution in [0.3, 0.4) is 0 Å². The average molecular weight is 385 g/mol. The Morgan fingerprint density at radius 1 is 1.50 bits per heavy atom. The number of β-lactam (4-membered cyclic amide) rings is 1. The molecule has 1 N–H and O–H groups in total. The zero-order chi connectivity index (χ0) is 15.3. The Kier molecular flexibility index (Phi) is 6.38. The Balaban J connectivity index is 0.00000176. The van der Waals surface area contributed by atoms with Gasteiger partial charge in [0.25, 0.3) is 0 Å². The number of thioether (sulfide) groups is 3. The summed E-state index contributed by atoms with van der Waals surface area (Å²) in [7, 11) is 0. The third-order valence-electron chi connectivity index (χ3n) is 3.63. The third-order valence-corrected chi connectivity index (χ3v) is 7.73. The second-order valence-corrected chi connectivity index (χ2v) is 9.15. The Bertz CT molecular complexity index is 567. The smallest absolute Gasteiger partial charge is 0.863 e. The van der Waals surface area contributed by atoms with E-state index in [0.29, 0.717) is 12.2 Å². The molecular formula is C12H12NNaO4S4. The van der Waals surface area contributed by atoms with Crippen molar-refractivity contribution >= 4 is 62.9 Å². The van der Waals surface area contributed by atoms with Crippen molar-refractivity contribution in [3.63, 3.8) is 0 Å². The zero-order valence-electron chi connectivity index (χ0n) is 12.0. The van der Waals surface area contributed by atoms with Crippen LogP contribution in [0.2, 0.25) is 0 Å². The van der Waals surface area contributed by atoms with Crippen LogP contribution in [0.5, 0.6) is 0 Å². The Hall–Kier alpha value is 0.780. The van der Waals surface area contributed by atoms with Crippen LogP contribution in [0, 0.1) is 5.92 Å². The summed E-state index contributed by atoms with van der Waals surface area (Å²) in [5.41, 5.74) is 0.284. The van der Waals surface area contributed by atoms with Crippen LogP contribution in [0.15, 0.2) is 10.6 Å². The van der Waals surface area contributed by atoms with E-state index < -0.39 is 17.1 Å². The number of rotatable bonds is 4. The molecule has 1 unspecified atom stereocenters. The average Bonchev–Trinajstić information content (AvgIpc) is 2.91. The molecule has 3 rings (SSSR count). The van der Waals surface area contributed by atoms with Gasteiger partial charge in [-0.3, -0.25) is 14.5 Å². The molecule has 10 heteroatoms. The van der Waals surface area contributed by atoms with Gasteiger partial charge in [0, 0.05) is 15.9 Å². The number of aliphatic hydroxyl groups excluding tert-OH is 1. The quantitative estimate of drug-likeness (QED) is 0.344. The normalized spacial score (nSPS) is 31.7. The molecular weight excluding hydrogens is 373 g/mol. The minimum absolute atomic E-state index is 0. The predicted octanol–water partition coefficient (Wildman–Crippen LogP) is -1.84. The molecule has 3 aliphatic heterocycles. The Morgan fingerprint density at radius 3 is 2.68 bits per heavy atom. The maximum absolute atomic E-state index is 12.1. The molecule has 2 fully saturated rings. The summed E-state index contributed by atoms with van der Waals surface area (Å²) in [5.74, 6) is -0.00966. The second kappa shape index (κ2) is 7.35. The number of allylic oxidation sites excluding steroid dienone is 1. The van der Waals surface area contributed by atoms with Gasteiger partial charge in [0.1, 0.15) is 5.37 Å².